The number of likely N-dealkylation sites (tertiary alicyclic amines) is 1. The topological polar surface area (TPSA) is 75.4 Å². The Morgan fingerprint density at radius 1 is 1.16 bits per heavy atom. The molecule has 1 saturated heterocycles. The molecule has 136 valence electrons. The monoisotopic (exact) mass is 343 g/mol. The van der Waals surface area contributed by atoms with Crippen molar-refractivity contribution in [2.75, 3.05) is 26.2 Å². The van der Waals surface area contributed by atoms with E-state index in [9.17, 15) is 9.59 Å². The molecule has 0 spiro atoms. The van der Waals surface area contributed by atoms with Crippen molar-refractivity contribution < 1.29 is 9.59 Å². The van der Waals surface area contributed by atoms with Gasteiger partial charge in [-0.2, -0.15) is 0 Å². The Bertz CT molecular complexity index is 596. The molecule has 3 rings (SSSR count). The van der Waals surface area contributed by atoms with E-state index in [2.05, 4.69) is 17.4 Å². The standard InChI is InChI=1S/C20H29N3O2/c21-12-13-22-18(24)16-7-6-14-23(15-16)19(25)20(10-4-5-11-20)17-8-2-1-3-9-17/h1-3,8-9,16H,4-7,10-15,21H2,(H,22,24). The largest absolute Gasteiger partial charge is 0.355 e. The zero-order chi connectivity index (χ0) is 17.7. The van der Waals surface area contributed by atoms with E-state index in [0.29, 0.717) is 19.6 Å². The first-order valence-corrected chi connectivity index (χ1v) is 9.50. The van der Waals surface area contributed by atoms with Crippen LogP contribution in [0.25, 0.3) is 0 Å². The van der Waals surface area contributed by atoms with Crippen molar-refractivity contribution in [1.29, 1.82) is 0 Å². The van der Waals surface area contributed by atoms with Gasteiger partial charge in [-0.25, -0.2) is 0 Å². The third-order valence-corrected chi connectivity index (χ3v) is 5.72. The molecule has 5 nitrogen and oxygen atoms in total. The van der Waals surface area contributed by atoms with Crippen molar-refractivity contribution in [2.45, 2.75) is 43.9 Å². The molecule has 25 heavy (non-hydrogen) atoms. The predicted molar refractivity (Wildman–Crippen MR) is 98.0 cm³/mol. The maximum absolute atomic E-state index is 13.5. The van der Waals surface area contributed by atoms with Crippen molar-refractivity contribution in [1.82, 2.24) is 10.2 Å². The van der Waals surface area contributed by atoms with Crippen LogP contribution < -0.4 is 11.1 Å². The molecule has 0 bridgehead atoms. The van der Waals surface area contributed by atoms with E-state index in [4.69, 9.17) is 5.73 Å². The molecule has 1 aromatic rings. The lowest BCUT2D eigenvalue weighted by molar-refractivity contribution is -0.141. The number of benzene rings is 1. The first-order chi connectivity index (χ1) is 12.2. The van der Waals surface area contributed by atoms with Crippen LogP contribution in [0.5, 0.6) is 0 Å². The Kier molecular flexibility index (Phi) is 5.74. The number of rotatable bonds is 5. The number of nitrogens with two attached hydrogens (primary N) is 1. The van der Waals surface area contributed by atoms with Crippen molar-refractivity contribution in [3.05, 3.63) is 35.9 Å². The summed E-state index contributed by atoms with van der Waals surface area (Å²) in [5, 5.41) is 2.87. The van der Waals surface area contributed by atoms with Gasteiger partial charge < -0.3 is 16.0 Å². The van der Waals surface area contributed by atoms with E-state index >= 15 is 0 Å². The Balaban J connectivity index is 1.75. The average molecular weight is 343 g/mol. The van der Waals surface area contributed by atoms with Crippen LogP contribution in [0.2, 0.25) is 0 Å². The van der Waals surface area contributed by atoms with Gasteiger partial charge >= 0.3 is 0 Å². The molecule has 1 aliphatic heterocycles. The zero-order valence-corrected chi connectivity index (χ0v) is 14.9. The lowest BCUT2D eigenvalue weighted by atomic mass is 9.77. The third-order valence-electron chi connectivity index (χ3n) is 5.72. The summed E-state index contributed by atoms with van der Waals surface area (Å²) in [5.41, 5.74) is 6.21. The van der Waals surface area contributed by atoms with E-state index in [-0.39, 0.29) is 17.7 Å². The van der Waals surface area contributed by atoms with Crippen LogP contribution in [0.3, 0.4) is 0 Å². The molecule has 1 atom stereocenters. The minimum atomic E-state index is -0.392. The zero-order valence-electron chi connectivity index (χ0n) is 14.9. The van der Waals surface area contributed by atoms with Gasteiger partial charge in [0, 0.05) is 26.2 Å². The van der Waals surface area contributed by atoms with Crippen molar-refractivity contribution >= 4 is 11.8 Å². The smallest absolute Gasteiger partial charge is 0.233 e. The molecular formula is C20H29N3O2. The van der Waals surface area contributed by atoms with Gasteiger partial charge in [0.05, 0.1) is 11.3 Å². The fourth-order valence-electron chi connectivity index (χ4n) is 4.38. The lowest BCUT2D eigenvalue weighted by Gasteiger charge is -2.39. The fraction of sp³-hybridized carbons (Fsp3) is 0.600. The normalized spacial score (nSPS) is 22.6. The Hall–Kier alpha value is -1.88. The van der Waals surface area contributed by atoms with Crippen molar-refractivity contribution in [3.63, 3.8) is 0 Å². The number of amides is 2. The van der Waals surface area contributed by atoms with E-state index in [0.717, 1.165) is 50.6 Å². The summed E-state index contributed by atoms with van der Waals surface area (Å²) in [4.78, 5) is 27.7. The molecule has 3 N–H and O–H groups in total. The van der Waals surface area contributed by atoms with Crippen LogP contribution in [-0.2, 0) is 15.0 Å². The minimum Gasteiger partial charge on any atom is -0.355 e. The maximum Gasteiger partial charge on any atom is 0.233 e. The highest BCUT2D eigenvalue weighted by atomic mass is 16.2. The molecule has 1 aromatic carbocycles. The number of hydrogen-bond acceptors (Lipinski definition) is 3. The van der Waals surface area contributed by atoms with Gasteiger partial charge in [0.2, 0.25) is 11.8 Å². The third kappa shape index (κ3) is 3.71. The molecular weight excluding hydrogens is 314 g/mol. The van der Waals surface area contributed by atoms with Gasteiger partial charge in [-0.15, -0.1) is 0 Å². The van der Waals surface area contributed by atoms with Crippen LogP contribution >= 0.6 is 0 Å². The quantitative estimate of drug-likeness (QED) is 0.856. The maximum atomic E-state index is 13.5. The second kappa shape index (κ2) is 8.00. The Labute approximate surface area is 150 Å². The average Bonchev–Trinajstić information content (AvgIpc) is 3.17. The summed E-state index contributed by atoms with van der Waals surface area (Å²) in [6, 6.07) is 10.2. The summed E-state index contributed by atoms with van der Waals surface area (Å²) >= 11 is 0. The SMILES string of the molecule is NCCNC(=O)C1CCCN(C(=O)C2(c3ccccc3)CCCC2)C1. The first kappa shape index (κ1) is 17.9. The van der Waals surface area contributed by atoms with E-state index < -0.39 is 5.41 Å². The van der Waals surface area contributed by atoms with E-state index in [1.54, 1.807) is 0 Å². The molecule has 0 aromatic heterocycles. The number of piperidine rings is 1. The Morgan fingerprint density at radius 2 is 1.88 bits per heavy atom. The molecule has 1 aliphatic carbocycles. The second-order valence-electron chi connectivity index (χ2n) is 7.33. The number of nitrogens with one attached hydrogen (secondary N) is 1. The predicted octanol–water partition coefficient (Wildman–Crippen LogP) is 1.81. The van der Waals surface area contributed by atoms with Crippen molar-refractivity contribution in [3.8, 4) is 0 Å². The Morgan fingerprint density at radius 3 is 2.56 bits per heavy atom. The molecule has 2 amide bonds. The number of carbonyl (C=O) groups is 2. The number of nitrogens with zero attached hydrogens (tertiary/aromatic N) is 1. The highest BCUT2D eigenvalue weighted by Crippen LogP contribution is 2.43. The summed E-state index contributed by atoms with van der Waals surface area (Å²) in [6.45, 7) is 2.23. The van der Waals surface area contributed by atoms with Gasteiger partial charge in [0.25, 0.3) is 0 Å². The van der Waals surface area contributed by atoms with Gasteiger partial charge in [-0.3, -0.25) is 9.59 Å². The van der Waals surface area contributed by atoms with Crippen LogP contribution in [0.1, 0.15) is 44.1 Å². The van der Waals surface area contributed by atoms with Gasteiger partial charge in [-0.1, -0.05) is 43.2 Å². The highest BCUT2D eigenvalue weighted by Gasteiger charge is 2.45. The summed E-state index contributed by atoms with van der Waals surface area (Å²) in [7, 11) is 0. The fourth-order valence-corrected chi connectivity index (χ4v) is 4.38. The van der Waals surface area contributed by atoms with E-state index in [1.165, 1.54) is 0 Å². The van der Waals surface area contributed by atoms with Crippen LogP contribution in [0.15, 0.2) is 30.3 Å². The molecule has 1 unspecified atom stereocenters. The molecule has 2 aliphatic rings. The molecule has 0 radical (unpaired) electrons. The summed E-state index contributed by atoms with van der Waals surface area (Å²) in [5.74, 6) is 0.133. The number of carbonyl (C=O) groups excluding carboxylic acids is 2. The summed E-state index contributed by atoms with van der Waals surface area (Å²) < 4.78 is 0. The van der Waals surface area contributed by atoms with Gasteiger partial charge in [-0.05, 0) is 31.2 Å². The number of hydrogen-bond donors (Lipinski definition) is 2. The van der Waals surface area contributed by atoms with E-state index in [1.807, 2.05) is 23.1 Å². The summed E-state index contributed by atoms with van der Waals surface area (Å²) in [6.07, 6.45) is 5.74. The minimum absolute atomic E-state index is 0.0307. The molecule has 5 heteroatoms. The van der Waals surface area contributed by atoms with Crippen LogP contribution in [0, 0.1) is 5.92 Å². The second-order valence-corrected chi connectivity index (χ2v) is 7.33. The van der Waals surface area contributed by atoms with Crippen molar-refractivity contribution in [2.24, 2.45) is 11.7 Å². The molecule has 2 fully saturated rings. The van der Waals surface area contributed by atoms with Crippen LogP contribution in [-0.4, -0.2) is 42.9 Å². The molecule has 1 saturated carbocycles. The first-order valence-electron chi connectivity index (χ1n) is 9.50. The van der Waals surface area contributed by atoms with Crippen LogP contribution in [0.4, 0.5) is 0 Å². The lowest BCUT2D eigenvalue weighted by Crippen LogP contribution is -2.51. The van der Waals surface area contributed by atoms with Gasteiger partial charge in [0.15, 0.2) is 0 Å². The highest BCUT2D eigenvalue weighted by molar-refractivity contribution is 5.89. The van der Waals surface area contributed by atoms with Gasteiger partial charge in [0.1, 0.15) is 0 Å². The molecule has 1 heterocycles.